The van der Waals surface area contributed by atoms with Crippen molar-refractivity contribution in [3.8, 4) is 0 Å². The molecule has 106 valence electrons. The normalized spacial score (nSPS) is 16.4. The molecule has 3 rings (SSSR count). The van der Waals surface area contributed by atoms with E-state index >= 15 is 0 Å². The number of nitrogens with zero attached hydrogens (tertiary/aromatic N) is 1. The topological polar surface area (TPSA) is 34.0 Å². The van der Waals surface area contributed by atoms with Crippen molar-refractivity contribution in [3.05, 3.63) is 36.3 Å². The molecule has 1 aromatic heterocycles. The average molecular weight is 274 g/mol. The third-order valence-corrected chi connectivity index (χ3v) is 4.02. The molecular weight excluding hydrogens is 255 g/mol. The molecule has 1 amide bonds. The van der Waals surface area contributed by atoms with Crippen LogP contribution < -0.4 is 5.32 Å². The zero-order chi connectivity index (χ0) is 13.9. The van der Waals surface area contributed by atoms with E-state index in [-0.39, 0.29) is 11.7 Å². The monoisotopic (exact) mass is 274 g/mol. The Labute approximate surface area is 117 Å². The van der Waals surface area contributed by atoms with E-state index in [0.29, 0.717) is 12.6 Å². The highest BCUT2D eigenvalue weighted by Gasteiger charge is 2.16. The van der Waals surface area contributed by atoms with E-state index in [1.807, 2.05) is 16.8 Å². The molecule has 0 radical (unpaired) electrons. The second kappa shape index (κ2) is 5.65. The summed E-state index contributed by atoms with van der Waals surface area (Å²) in [6, 6.07) is 6.81. The Kier molecular flexibility index (Phi) is 3.72. The first kappa shape index (κ1) is 13.2. The van der Waals surface area contributed by atoms with E-state index in [9.17, 15) is 9.18 Å². The molecule has 0 spiro atoms. The average Bonchev–Trinajstić information content (AvgIpc) is 2.82. The number of benzene rings is 1. The van der Waals surface area contributed by atoms with Gasteiger partial charge in [-0.3, -0.25) is 4.79 Å². The summed E-state index contributed by atoms with van der Waals surface area (Å²) in [7, 11) is 0. The minimum absolute atomic E-state index is 0.0405. The Morgan fingerprint density at radius 2 is 2.05 bits per heavy atom. The van der Waals surface area contributed by atoms with Crippen molar-refractivity contribution in [2.45, 2.75) is 44.7 Å². The molecule has 0 bridgehead atoms. The number of fused-ring (bicyclic) bond motifs is 1. The highest BCUT2D eigenvalue weighted by molar-refractivity contribution is 5.83. The number of carbonyl (C=O) groups excluding carboxylic acids is 1. The summed E-state index contributed by atoms with van der Waals surface area (Å²) >= 11 is 0. The number of hydrogen-bond donors (Lipinski definition) is 1. The second-order valence-electron chi connectivity index (χ2n) is 5.55. The summed E-state index contributed by atoms with van der Waals surface area (Å²) in [5.41, 5.74) is 0.894. The maximum absolute atomic E-state index is 13.1. The van der Waals surface area contributed by atoms with Crippen LogP contribution in [0, 0.1) is 5.82 Å². The standard InChI is InChI=1S/C16H19FN2O/c17-13-6-7-15-12(10-13)8-9-19(15)11-16(20)18-14-4-2-1-3-5-14/h6-10,14H,1-5,11H2,(H,18,20). The zero-order valence-corrected chi connectivity index (χ0v) is 11.4. The summed E-state index contributed by atoms with van der Waals surface area (Å²) < 4.78 is 15.0. The van der Waals surface area contributed by atoms with Gasteiger partial charge in [0.05, 0.1) is 0 Å². The van der Waals surface area contributed by atoms with Gasteiger partial charge in [-0.15, -0.1) is 0 Å². The molecule has 0 aliphatic heterocycles. The fourth-order valence-electron chi connectivity index (χ4n) is 2.98. The molecule has 1 aromatic carbocycles. The van der Waals surface area contributed by atoms with Crippen LogP contribution in [0.2, 0.25) is 0 Å². The van der Waals surface area contributed by atoms with Crippen LogP contribution in [0.25, 0.3) is 10.9 Å². The lowest BCUT2D eigenvalue weighted by molar-refractivity contribution is -0.122. The van der Waals surface area contributed by atoms with Crippen molar-refractivity contribution in [1.82, 2.24) is 9.88 Å². The van der Waals surface area contributed by atoms with E-state index in [1.165, 1.54) is 31.4 Å². The van der Waals surface area contributed by atoms with Crippen molar-refractivity contribution >= 4 is 16.8 Å². The van der Waals surface area contributed by atoms with Gasteiger partial charge in [0, 0.05) is 23.1 Å². The van der Waals surface area contributed by atoms with Crippen molar-refractivity contribution in [2.24, 2.45) is 0 Å². The van der Waals surface area contributed by atoms with Gasteiger partial charge in [0.2, 0.25) is 5.91 Å². The van der Waals surface area contributed by atoms with Crippen molar-refractivity contribution < 1.29 is 9.18 Å². The third kappa shape index (κ3) is 2.84. The molecule has 2 aromatic rings. The number of aromatic nitrogens is 1. The predicted octanol–water partition coefficient (Wildman–Crippen LogP) is 3.23. The minimum Gasteiger partial charge on any atom is -0.352 e. The molecule has 0 unspecified atom stereocenters. The lowest BCUT2D eigenvalue weighted by Crippen LogP contribution is -2.38. The molecule has 3 nitrogen and oxygen atoms in total. The fourth-order valence-corrected chi connectivity index (χ4v) is 2.98. The Morgan fingerprint density at radius 1 is 1.25 bits per heavy atom. The Balaban J connectivity index is 1.67. The van der Waals surface area contributed by atoms with Crippen LogP contribution in [0.3, 0.4) is 0 Å². The number of halogens is 1. The van der Waals surface area contributed by atoms with Crippen LogP contribution in [0.1, 0.15) is 32.1 Å². The van der Waals surface area contributed by atoms with E-state index in [4.69, 9.17) is 0 Å². The molecule has 1 aliphatic rings. The quantitative estimate of drug-likeness (QED) is 0.916. The number of amides is 1. The highest BCUT2D eigenvalue weighted by Crippen LogP contribution is 2.19. The van der Waals surface area contributed by atoms with Crippen molar-refractivity contribution in [3.63, 3.8) is 0 Å². The first-order chi connectivity index (χ1) is 9.72. The van der Waals surface area contributed by atoms with Gasteiger partial charge in [-0.25, -0.2) is 4.39 Å². The molecule has 4 heteroatoms. The predicted molar refractivity (Wildman–Crippen MR) is 76.9 cm³/mol. The first-order valence-corrected chi connectivity index (χ1v) is 7.26. The first-order valence-electron chi connectivity index (χ1n) is 7.26. The van der Waals surface area contributed by atoms with Crippen LogP contribution in [0.4, 0.5) is 4.39 Å². The van der Waals surface area contributed by atoms with Gasteiger partial charge in [-0.2, -0.15) is 0 Å². The SMILES string of the molecule is O=C(Cn1ccc2cc(F)ccc21)NC1CCCCC1. The molecule has 1 aliphatic carbocycles. The van der Waals surface area contributed by atoms with E-state index < -0.39 is 0 Å². The molecule has 0 saturated heterocycles. The van der Waals surface area contributed by atoms with Crippen molar-refractivity contribution in [1.29, 1.82) is 0 Å². The molecule has 1 heterocycles. The van der Waals surface area contributed by atoms with Crippen molar-refractivity contribution in [2.75, 3.05) is 0 Å². The van der Waals surface area contributed by atoms with Gasteiger partial charge in [-0.05, 0) is 37.1 Å². The molecule has 20 heavy (non-hydrogen) atoms. The summed E-state index contributed by atoms with van der Waals surface area (Å²) in [5, 5.41) is 3.93. The van der Waals surface area contributed by atoms with Crippen LogP contribution in [-0.2, 0) is 11.3 Å². The molecule has 1 fully saturated rings. The van der Waals surface area contributed by atoms with Crippen LogP contribution in [0.15, 0.2) is 30.5 Å². The lowest BCUT2D eigenvalue weighted by atomic mass is 9.95. The Morgan fingerprint density at radius 3 is 2.85 bits per heavy atom. The number of rotatable bonds is 3. The maximum Gasteiger partial charge on any atom is 0.240 e. The van der Waals surface area contributed by atoms with E-state index in [1.54, 1.807) is 6.07 Å². The zero-order valence-electron chi connectivity index (χ0n) is 11.4. The van der Waals surface area contributed by atoms with Gasteiger partial charge >= 0.3 is 0 Å². The number of carbonyl (C=O) groups is 1. The second-order valence-corrected chi connectivity index (χ2v) is 5.55. The number of hydrogen-bond acceptors (Lipinski definition) is 1. The van der Waals surface area contributed by atoms with Gasteiger partial charge in [0.15, 0.2) is 0 Å². The van der Waals surface area contributed by atoms with Crippen LogP contribution in [0.5, 0.6) is 0 Å². The molecule has 1 N–H and O–H groups in total. The Hall–Kier alpha value is -1.84. The molecular formula is C16H19FN2O. The van der Waals surface area contributed by atoms with Gasteiger partial charge in [0.25, 0.3) is 0 Å². The highest BCUT2D eigenvalue weighted by atomic mass is 19.1. The smallest absolute Gasteiger partial charge is 0.240 e. The van der Waals surface area contributed by atoms with Crippen LogP contribution >= 0.6 is 0 Å². The summed E-state index contributed by atoms with van der Waals surface area (Å²) in [5.74, 6) is -0.208. The van der Waals surface area contributed by atoms with Gasteiger partial charge in [-0.1, -0.05) is 19.3 Å². The number of nitrogens with one attached hydrogen (secondary N) is 1. The van der Waals surface area contributed by atoms with E-state index in [2.05, 4.69) is 5.32 Å². The third-order valence-electron chi connectivity index (χ3n) is 4.02. The largest absolute Gasteiger partial charge is 0.352 e. The van der Waals surface area contributed by atoms with E-state index in [0.717, 1.165) is 23.7 Å². The maximum atomic E-state index is 13.1. The lowest BCUT2D eigenvalue weighted by Gasteiger charge is -2.22. The fraction of sp³-hybridized carbons (Fsp3) is 0.438. The summed E-state index contributed by atoms with van der Waals surface area (Å²) in [6.07, 6.45) is 7.70. The molecule has 1 saturated carbocycles. The van der Waals surface area contributed by atoms with Gasteiger partial charge < -0.3 is 9.88 Å². The summed E-state index contributed by atoms with van der Waals surface area (Å²) in [6.45, 7) is 0.297. The van der Waals surface area contributed by atoms with Gasteiger partial charge in [0.1, 0.15) is 12.4 Å². The minimum atomic E-state index is -0.248. The molecule has 0 atom stereocenters. The summed E-state index contributed by atoms with van der Waals surface area (Å²) in [4.78, 5) is 12.1. The van der Waals surface area contributed by atoms with Crippen LogP contribution in [-0.4, -0.2) is 16.5 Å². The Bertz CT molecular complexity index is 614.